The number of benzene rings is 3. The monoisotopic (exact) mass is 462 g/mol. The molecule has 0 fully saturated rings. The molecule has 0 spiro atoms. The molecule has 0 aliphatic heterocycles. The van der Waals surface area contributed by atoms with Crippen molar-refractivity contribution in [3.63, 3.8) is 0 Å². The molecule has 34 heavy (non-hydrogen) atoms. The zero-order chi connectivity index (χ0) is 24.1. The molecule has 178 valence electrons. The van der Waals surface area contributed by atoms with Crippen LogP contribution in [0.15, 0.2) is 60.7 Å². The minimum Gasteiger partial charge on any atom is -0.206 e. The Hall–Kier alpha value is -2.81. The molecule has 1 unspecified atom stereocenters. The van der Waals surface area contributed by atoms with Crippen molar-refractivity contribution in [2.75, 3.05) is 0 Å². The Morgan fingerprint density at radius 1 is 0.794 bits per heavy atom. The van der Waals surface area contributed by atoms with E-state index in [0.717, 1.165) is 54.4 Å². The summed E-state index contributed by atoms with van der Waals surface area (Å²) in [5, 5.41) is 0. The second-order valence-electron chi connectivity index (χ2n) is 9.42. The molecule has 4 rings (SSSR count). The highest BCUT2D eigenvalue weighted by molar-refractivity contribution is 5.67. The van der Waals surface area contributed by atoms with Gasteiger partial charge in [-0.2, -0.15) is 0 Å². The molecule has 3 heteroatoms. The van der Waals surface area contributed by atoms with E-state index in [9.17, 15) is 13.2 Å². The minimum atomic E-state index is -0.733. The maximum atomic E-state index is 14.9. The summed E-state index contributed by atoms with van der Waals surface area (Å²) in [5.41, 5.74) is 5.11. The van der Waals surface area contributed by atoms with E-state index in [4.69, 9.17) is 0 Å². The maximum Gasteiger partial charge on any atom is 0.166 e. The first-order valence-corrected chi connectivity index (χ1v) is 12.5. The van der Waals surface area contributed by atoms with Crippen molar-refractivity contribution in [3.05, 3.63) is 100 Å². The molecule has 1 atom stereocenters. The van der Waals surface area contributed by atoms with Gasteiger partial charge in [0.05, 0.1) is 0 Å². The SMILES string of the molecule is CCCC1CC=C(c2ccc(CCc3ccc(-c4ccc(CC)cc4F)cc3)c(F)c2F)CC1. The molecule has 0 aromatic heterocycles. The first-order chi connectivity index (χ1) is 16.5. The van der Waals surface area contributed by atoms with Crippen LogP contribution in [0, 0.1) is 23.4 Å². The largest absolute Gasteiger partial charge is 0.206 e. The van der Waals surface area contributed by atoms with Gasteiger partial charge in [0.2, 0.25) is 0 Å². The Morgan fingerprint density at radius 2 is 1.53 bits per heavy atom. The van der Waals surface area contributed by atoms with Crippen molar-refractivity contribution in [2.45, 2.75) is 65.2 Å². The molecule has 0 heterocycles. The normalized spacial score (nSPS) is 15.9. The third-order valence-electron chi connectivity index (χ3n) is 7.11. The standard InChI is InChI=1S/C31H33F3/c1-3-5-22-6-14-25(15-7-22)28-19-17-26(30(33)31(28)34)16-10-23-8-12-24(13-9-23)27-18-11-21(4-2)20-29(27)32/h8-9,11-14,17-20,22H,3-7,10,15-16H2,1-2H3. The highest BCUT2D eigenvalue weighted by atomic mass is 19.2. The lowest BCUT2D eigenvalue weighted by atomic mass is 9.84. The van der Waals surface area contributed by atoms with Gasteiger partial charge in [0.15, 0.2) is 11.6 Å². The molecule has 0 saturated heterocycles. The summed E-state index contributed by atoms with van der Waals surface area (Å²) < 4.78 is 44.2. The first-order valence-electron chi connectivity index (χ1n) is 12.5. The van der Waals surface area contributed by atoms with Gasteiger partial charge >= 0.3 is 0 Å². The Labute approximate surface area is 201 Å². The summed E-state index contributed by atoms with van der Waals surface area (Å²) in [6.45, 7) is 4.19. The molecule has 0 N–H and O–H groups in total. The van der Waals surface area contributed by atoms with Crippen LogP contribution in [0.4, 0.5) is 13.2 Å². The highest BCUT2D eigenvalue weighted by Gasteiger charge is 2.20. The number of hydrogen-bond acceptors (Lipinski definition) is 0. The van der Waals surface area contributed by atoms with Gasteiger partial charge in [-0.05, 0) is 78.3 Å². The van der Waals surface area contributed by atoms with Crippen LogP contribution in [0.2, 0.25) is 0 Å². The fraction of sp³-hybridized carbons (Fsp3) is 0.355. The highest BCUT2D eigenvalue weighted by Crippen LogP contribution is 2.34. The van der Waals surface area contributed by atoms with Gasteiger partial charge in [-0.1, -0.05) is 81.3 Å². The molecule has 0 saturated carbocycles. The predicted molar refractivity (Wildman–Crippen MR) is 135 cm³/mol. The molecule has 0 nitrogen and oxygen atoms in total. The second-order valence-corrected chi connectivity index (χ2v) is 9.42. The van der Waals surface area contributed by atoms with Crippen molar-refractivity contribution in [3.8, 4) is 11.1 Å². The smallest absolute Gasteiger partial charge is 0.166 e. The fourth-order valence-electron chi connectivity index (χ4n) is 4.98. The number of halogens is 3. The summed E-state index contributed by atoms with van der Waals surface area (Å²) in [6.07, 6.45) is 9.08. The van der Waals surface area contributed by atoms with Gasteiger partial charge in [-0.25, -0.2) is 13.2 Å². The van der Waals surface area contributed by atoms with E-state index in [1.54, 1.807) is 18.2 Å². The molecular weight excluding hydrogens is 429 g/mol. The van der Waals surface area contributed by atoms with Gasteiger partial charge < -0.3 is 0 Å². The van der Waals surface area contributed by atoms with Gasteiger partial charge in [-0.3, -0.25) is 0 Å². The van der Waals surface area contributed by atoms with Gasteiger partial charge in [-0.15, -0.1) is 0 Å². The van der Waals surface area contributed by atoms with Gasteiger partial charge in [0.1, 0.15) is 5.82 Å². The van der Waals surface area contributed by atoms with Gasteiger partial charge in [0.25, 0.3) is 0 Å². The second kappa shape index (κ2) is 11.1. The van der Waals surface area contributed by atoms with Crippen LogP contribution in [0.25, 0.3) is 16.7 Å². The van der Waals surface area contributed by atoms with Crippen LogP contribution in [0.3, 0.4) is 0 Å². The Morgan fingerprint density at radius 3 is 2.18 bits per heavy atom. The number of hydrogen-bond donors (Lipinski definition) is 0. The zero-order valence-corrected chi connectivity index (χ0v) is 20.1. The van der Waals surface area contributed by atoms with E-state index >= 15 is 0 Å². The lowest BCUT2D eigenvalue weighted by molar-refractivity contribution is 0.443. The number of rotatable bonds is 8. The number of allylic oxidation sites excluding steroid dienone is 2. The van der Waals surface area contributed by atoms with E-state index in [1.165, 1.54) is 6.42 Å². The summed E-state index contributed by atoms with van der Waals surface area (Å²) in [6, 6.07) is 16.5. The lowest BCUT2D eigenvalue weighted by Crippen LogP contribution is -2.07. The Balaban J connectivity index is 1.42. The van der Waals surface area contributed by atoms with Crippen LogP contribution >= 0.6 is 0 Å². The summed E-state index contributed by atoms with van der Waals surface area (Å²) in [4.78, 5) is 0. The minimum absolute atomic E-state index is 0.223. The molecule has 1 aliphatic carbocycles. The van der Waals surface area contributed by atoms with Crippen molar-refractivity contribution in [2.24, 2.45) is 5.92 Å². The zero-order valence-electron chi connectivity index (χ0n) is 20.1. The van der Waals surface area contributed by atoms with Crippen molar-refractivity contribution >= 4 is 5.57 Å². The first kappa shape index (κ1) is 24.3. The molecule has 3 aromatic carbocycles. The van der Waals surface area contributed by atoms with Crippen LogP contribution in [0.1, 0.15) is 68.2 Å². The average Bonchev–Trinajstić information content (AvgIpc) is 2.86. The third-order valence-corrected chi connectivity index (χ3v) is 7.11. The van der Waals surface area contributed by atoms with Crippen LogP contribution in [0.5, 0.6) is 0 Å². The Bertz CT molecular complexity index is 1160. The average molecular weight is 463 g/mol. The molecule has 0 amide bonds. The van der Waals surface area contributed by atoms with E-state index < -0.39 is 11.6 Å². The number of aryl methyl sites for hydroxylation is 3. The van der Waals surface area contributed by atoms with Gasteiger partial charge in [0, 0.05) is 11.1 Å². The fourth-order valence-corrected chi connectivity index (χ4v) is 4.98. The van der Waals surface area contributed by atoms with E-state index in [0.29, 0.717) is 35.4 Å². The summed E-state index contributed by atoms with van der Waals surface area (Å²) in [7, 11) is 0. The predicted octanol–water partition coefficient (Wildman–Crippen LogP) is 9.10. The molecule has 3 aromatic rings. The van der Waals surface area contributed by atoms with Crippen LogP contribution in [-0.2, 0) is 19.3 Å². The molecule has 0 radical (unpaired) electrons. The van der Waals surface area contributed by atoms with E-state index in [2.05, 4.69) is 13.0 Å². The maximum absolute atomic E-state index is 14.9. The van der Waals surface area contributed by atoms with E-state index in [1.807, 2.05) is 43.3 Å². The van der Waals surface area contributed by atoms with Crippen molar-refractivity contribution in [1.29, 1.82) is 0 Å². The third kappa shape index (κ3) is 5.46. The molecular formula is C31H33F3. The van der Waals surface area contributed by atoms with Crippen molar-refractivity contribution in [1.82, 2.24) is 0 Å². The van der Waals surface area contributed by atoms with E-state index in [-0.39, 0.29) is 5.82 Å². The molecule has 0 bridgehead atoms. The van der Waals surface area contributed by atoms with Crippen LogP contribution < -0.4 is 0 Å². The van der Waals surface area contributed by atoms with Crippen molar-refractivity contribution < 1.29 is 13.2 Å². The van der Waals surface area contributed by atoms with Crippen LogP contribution in [-0.4, -0.2) is 0 Å². The quantitative estimate of drug-likeness (QED) is 0.313. The topological polar surface area (TPSA) is 0 Å². The summed E-state index contributed by atoms with van der Waals surface area (Å²) in [5.74, 6) is -1.01. The lowest BCUT2D eigenvalue weighted by Gasteiger charge is -2.22. The Kier molecular flexibility index (Phi) is 7.92. The summed E-state index contributed by atoms with van der Waals surface area (Å²) >= 11 is 0. The molecule has 1 aliphatic rings.